The lowest BCUT2D eigenvalue weighted by atomic mass is 9.91. The molecule has 0 radical (unpaired) electrons. The predicted octanol–water partition coefficient (Wildman–Crippen LogP) is 3.61. The summed E-state index contributed by atoms with van der Waals surface area (Å²) in [7, 11) is 0. The van der Waals surface area contributed by atoms with E-state index in [1.807, 2.05) is 6.92 Å². The second-order valence-electron chi connectivity index (χ2n) is 4.08. The molecule has 0 bridgehead atoms. The van der Waals surface area contributed by atoms with E-state index in [9.17, 15) is 5.11 Å². The number of halogens is 2. The molecule has 0 saturated heterocycles. The lowest BCUT2D eigenvalue weighted by Crippen LogP contribution is -2.23. The van der Waals surface area contributed by atoms with Crippen molar-refractivity contribution in [3.05, 3.63) is 33.8 Å². The molecule has 1 nitrogen and oxygen atoms in total. The third-order valence-electron chi connectivity index (χ3n) is 2.82. The number of hydrogen-bond acceptors (Lipinski definition) is 1. The summed E-state index contributed by atoms with van der Waals surface area (Å²) in [5.41, 5.74) is 0.0339. The van der Waals surface area contributed by atoms with E-state index in [-0.39, 0.29) is 0 Å². The van der Waals surface area contributed by atoms with Crippen LogP contribution < -0.4 is 0 Å². The van der Waals surface area contributed by atoms with E-state index in [1.54, 1.807) is 18.2 Å². The standard InChI is InChI=1S/C11H12Cl2O/c1-11(14,7-2-3-7)8-4-9(12)6-10(13)5-8/h4-7,14H,2-3H2,1H3. The fraction of sp³-hybridized carbons (Fsp3) is 0.455. The van der Waals surface area contributed by atoms with Crippen LogP contribution in [0.3, 0.4) is 0 Å². The maximum absolute atomic E-state index is 10.3. The third-order valence-corrected chi connectivity index (χ3v) is 3.26. The summed E-state index contributed by atoms with van der Waals surface area (Å²) >= 11 is 11.8. The highest BCUT2D eigenvalue weighted by atomic mass is 35.5. The molecule has 1 N–H and O–H groups in total. The van der Waals surface area contributed by atoms with Crippen LogP contribution in [-0.2, 0) is 5.60 Å². The Balaban J connectivity index is 2.39. The summed E-state index contributed by atoms with van der Waals surface area (Å²) in [5, 5.41) is 11.4. The molecule has 0 aromatic heterocycles. The van der Waals surface area contributed by atoms with Crippen molar-refractivity contribution < 1.29 is 5.11 Å². The summed E-state index contributed by atoms with van der Waals surface area (Å²) in [6.45, 7) is 1.83. The lowest BCUT2D eigenvalue weighted by molar-refractivity contribution is 0.0331. The van der Waals surface area contributed by atoms with Crippen LogP contribution in [0.5, 0.6) is 0 Å². The van der Waals surface area contributed by atoms with Crippen LogP contribution in [0.15, 0.2) is 18.2 Å². The van der Waals surface area contributed by atoms with Gasteiger partial charge in [-0.25, -0.2) is 0 Å². The molecule has 1 aliphatic rings. The van der Waals surface area contributed by atoms with Crippen molar-refractivity contribution in [2.24, 2.45) is 5.92 Å². The zero-order valence-corrected chi connectivity index (χ0v) is 9.44. The van der Waals surface area contributed by atoms with Crippen LogP contribution in [0, 0.1) is 5.92 Å². The Bertz CT molecular complexity index is 336. The van der Waals surface area contributed by atoms with Crippen molar-refractivity contribution in [2.75, 3.05) is 0 Å². The van der Waals surface area contributed by atoms with Gasteiger partial charge in [0.1, 0.15) is 0 Å². The van der Waals surface area contributed by atoms with E-state index >= 15 is 0 Å². The van der Waals surface area contributed by atoms with Gasteiger partial charge in [-0.15, -0.1) is 0 Å². The first-order chi connectivity index (χ1) is 6.50. The van der Waals surface area contributed by atoms with Gasteiger partial charge in [-0.05, 0) is 49.4 Å². The molecule has 76 valence electrons. The monoisotopic (exact) mass is 230 g/mol. The largest absolute Gasteiger partial charge is 0.385 e. The Kier molecular flexibility index (Phi) is 2.50. The van der Waals surface area contributed by atoms with Crippen LogP contribution in [0.4, 0.5) is 0 Å². The van der Waals surface area contributed by atoms with E-state index in [1.165, 1.54) is 0 Å². The van der Waals surface area contributed by atoms with Gasteiger partial charge >= 0.3 is 0 Å². The van der Waals surface area contributed by atoms with Gasteiger partial charge in [0.25, 0.3) is 0 Å². The summed E-state index contributed by atoms with van der Waals surface area (Å²) < 4.78 is 0. The SMILES string of the molecule is CC(O)(c1cc(Cl)cc(Cl)c1)C1CC1. The van der Waals surface area contributed by atoms with Crippen molar-refractivity contribution in [1.29, 1.82) is 0 Å². The summed E-state index contributed by atoms with van der Waals surface area (Å²) in [6, 6.07) is 5.24. The van der Waals surface area contributed by atoms with E-state index in [4.69, 9.17) is 23.2 Å². The quantitative estimate of drug-likeness (QED) is 0.824. The number of rotatable bonds is 2. The second-order valence-corrected chi connectivity index (χ2v) is 4.95. The molecule has 1 unspecified atom stereocenters. The normalized spacial score (nSPS) is 20.6. The molecule has 1 atom stereocenters. The zero-order valence-electron chi connectivity index (χ0n) is 7.93. The fourth-order valence-corrected chi connectivity index (χ4v) is 2.25. The summed E-state index contributed by atoms with van der Waals surface area (Å²) in [6.07, 6.45) is 2.16. The van der Waals surface area contributed by atoms with Gasteiger partial charge in [0.15, 0.2) is 0 Å². The van der Waals surface area contributed by atoms with Crippen LogP contribution >= 0.6 is 23.2 Å². The van der Waals surface area contributed by atoms with Crippen molar-refractivity contribution in [1.82, 2.24) is 0 Å². The molecule has 0 spiro atoms. The minimum Gasteiger partial charge on any atom is -0.385 e. The highest BCUT2D eigenvalue weighted by Gasteiger charge is 2.41. The molecular weight excluding hydrogens is 219 g/mol. The van der Waals surface area contributed by atoms with Crippen LogP contribution in [0.2, 0.25) is 10.0 Å². The topological polar surface area (TPSA) is 20.2 Å². The zero-order chi connectivity index (χ0) is 10.3. The van der Waals surface area contributed by atoms with Crippen molar-refractivity contribution in [2.45, 2.75) is 25.4 Å². The minimum atomic E-state index is -0.783. The number of benzene rings is 1. The van der Waals surface area contributed by atoms with Crippen LogP contribution in [-0.4, -0.2) is 5.11 Å². The Morgan fingerprint density at radius 3 is 2.14 bits per heavy atom. The maximum Gasteiger partial charge on any atom is 0.0897 e. The Hall–Kier alpha value is -0.240. The van der Waals surface area contributed by atoms with E-state index in [0.29, 0.717) is 16.0 Å². The average molecular weight is 231 g/mol. The van der Waals surface area contributed by atoms with Crippen LogP contribution in [0.25, 0.3) is 0 Å². The minimum absolute atomic E-state index is 0.358. The number of hydrogen-bond donors (Lipinski definition) is 1. The molecule has 0 aliphatic heterocycles. The molecule has 1 fully saturated rings. The first-order valence-corrected chi connectivity index (χ1v) is 5.44. The maximum atomic E-state index is 10.3. The predicted molar refractivity (Wildman–Crippen MR) is 58.8 cm³/mol. The van der Waals surface area contributed by atoms with Crippen molar-refractivity contribution in [3.8, 4) is 0 Å². The molecule has 0 heterocycles. The molecule has 2 rings (SSSR count). The van der Waals surface area contributed by atoms with Gasteiger partial charge in [-0.3, -0.25) is 0 Å². The molecular formula is C11H12Cl2O. The van der Waals surface area contributed by atoms with Crippen molar-refractivity contribution >= 4 is 23.2 Å². The van der Waals surface area contributed by atoms with E-state index < -0.39 is 5.60 Å². The van der Waals surface area contributed by atoms with E-state index in [2.05, 4.69) is 0 Å². The average Bonchev–Trinajstić information content (AvgIpc) is 2.83. The molecule has 1 aromatic carbocycles. The highest BCUT2D eigenvalue weighted by molar-refractivity contribution is 6.34. The molecule has 1 aromatic rings. The Morgan fingerprint density at radius 2 is 1.71 bits per heavy atom. The van der Waals surface area contributed by atoms with Gasteiger partial charge in [-0.2, -0.15) is 0 Å². The third kappa shape index (κ3) is 1.90. The Morgan fingerprint density at radius 1 is 1.21 bits per heavy atom. The lowest BCUT2D eigenvalue weighted by Gasteiger charge is -2.23. The number of aliphatic hydroxyl groups is 1. The van der Waals surface area contributed by atoms with Gasteiger partial charge in [0.05, 0.1) is 5.60 Å². The molecule has 1 saturated carbocycles. The van der Waals surface area contributed by atoms with E-state index in [0.717, 1.165) is 18.4 Å². The molecule has 0 amide bonds. The Labute approximate surface area is 93.7 Å². The van der Waals surface area contributed by atoms with Gasteiger partial charge < -0.3 is 5.11 Å². The fourth-order valence-electron chi connectivity index (χ4n) is 1.73. The van der Waals surface area contributed by atoms with Crippen molar-refractivity contribution in [3.63, 3.8) is 0 Å². The van der Waals surface area contributed by atoms with Gasteiger partial charge in [0, 0.05) is 10.0 Å². The smallest absolute Gasteiger partial charge is 0.0897 e. The summed E-state index contributed by atoms with van der Waals surface area (Å²) in [4.78, 5) is 0. The highest BCUT2D eigenvalue weighted by Crippen LogP contribution is 2.46. The first-order valence-electron chi connectivity index (χ1n) is 4.69. The summed E-state index contributed by atoms with van der Waals surface area (Å²) in [5.74, 6) is 0.358. The van der Waals surface area contributed by atoms with Crippen LogP contribution in [0.1, 0.15) is 25.3 Å². The van der Waals surface area contributed by atoms with Gasteiger partial charge in [0.2, 0.25) is 0 Å². The second kappa shape index (κ2) is 3.41. The van der Waals surface area contributed by atoms with Gasteiger partial charge in [-0.1, -0.05) is 23.2 Å². The molecule has 14 heavy (non-hydrogen) atoms. The first kappa shape index (κ1) is 10.3. The molecule has 1 aliphatic carbocycles. The molecule has 3 heteroatoms.